The Morgan fingerprint density at radius 2 is 2.31 bits per heavy atom. The number of nitrogens with zero attached hydrogens (tertiary/aromatic N) is 1. The molecule has 1 atom stereocenters. The molecule has 2 rings (SSSR count). The van der Waals surface area contributed by atoms with Crippen LogP contribution in [0.25, 0.3) is 0 Å². The molecule has 0 aliphatic carbocycles. The van der Waals surface area contributed by atoms with Crippen LogP contribution in [-0.4, -0.2) is 35.1 Å². The number of aliphatic hydroxyl groups excluding tert-OH is 1. The lowest BCUT2D eigenvalue weighted by Gasteiger charge is -2.15. The van der Waals surface area contributed by atoms with Crippen LogP contribution < -0.4 is 0 Å². The molecule has 86 valence electrons. The fraction of sp³-hybridized carbons (Fsp3) is 0.364. The molecular weight excluding hydrogens is 233 g/mol. The van der Waals surface area contributed by atoms with Crippen LogP contribution in [0.15, 0.2) is 18.2 Å². The second-order valence-electron chi connectivity index (χ2n) is 3.82. The van der Waals surface area contributed by atoms with E-state index in [1.54, 1.807) is 0 Å². The third-order valence-corrected chi connectivity index (χ3v) is 2.84. The van der Waals surface area contributed by atoms with E-state index >= 15 is 0 Å². The SMILES string of the molecule is O=C(c1cc(Cl)ccc1F)N1CC[C@H](O)C1. The number of rotatable bonds is 1. The van der Waals surface area contributed by atoms with E-state index in [1.807, 2.05) is 0 Å². The molecule has 1 saturated heterocycles. The van der Waals surface area contributed by atoms with E-state index in [0.717, 1.165) is 0 Å². The van der Waals surface area contributed by atoms with Crippen molar-refractivity contribution in [2.75, 3.05) is 13.1 Å². The summed E-state index contributed by atoms with van der Waals surface area (Å²) >= 11 is 5.71. The maximum absolute atomic E-state index is 13.4. The first kappa shape index (κ1) is 11.4. The van der Waals surface area contributed by atoms with Gasteiger partial charge in [0.2, 0.25) is 0 Å². The Kier molecular flexibility index (Phi) is 3.12. The van der Waals surface area contributed by atoms with Gasteiger partial charge in [-0.2, -0.15) is 0 Å². The van der Waals surface area contributed by atoms with Gasteiger partial charge in [-0.1, -0.05) is 11.6 Å². The van der Waals surface area contributed by atoms with E-state index in [2.05, 4.69) is 0 Å². The average molecular weight is 244 g/mol. The lowest BCUT2D eigenvalue weighted by atomic mass is 10.2. The second-order valence-corrected chi connectivity index (χ2v) is 4.25. The minimum atomic E-state index is -0.587. The predicted octanol–water partition coefficient (Wildman–Crippen LogP) is 1.69. The zero-order chi connectivity index (χ0) is 11.7. The minimum absolute atomic E-state index is 0.0402. The van der Waals surface area contributed by atoms with Crippen LogP contribution in [0.3, 0.4) is 0 Å². The van der Waals surface area contributed by atoms with Crippen molar-refractivity contribution in [3.8, 4) is 0 Å². The largest absolute Gasteiger partial charge is 0.391 e. The Labute approximate surface area is 97.4 Å². The lowest BCUT2D eigenvalue weighted by molar-refractivity contribution is 0.0760. The molecule has 0 spiro atoms. The first-order chi connectivity index (χ1) is 7.58. The third-order valence-electron chi connectivity index (χ3n) is 2.61. The van der Waals surface area contributed by atoms with Crippen LogP contribution in [0.2, 0.25) is 5.02 Å². The van der Waals surface area contributed by atoms with Gasteiger partial charge in [-0.15, -0.1) is 0 Å². The number of carbonyl (C=O) groups is 1. The number of benzene rings is 1. The summed E-state index contributed by atoms with van der Waals surface area (Å²) in [5.41, 5.74) is -0.0402. The maximum Gasteiger partial charge on any atom is 0.256 e. The first-order valence-corrected chi connectivity index (χ1v) is 5.38. The fourth-order valence-corrected chi connectivity index (χ4v) is 1.93. The number of halogens is 2. The van der Waals surface area contributed by atoms with Gasteiger partial charge < -0.3 is 10.0 Å². The molecule has 0 unspecified atom stereocenters. The van der Waals surface area contributed by atoms with Gasteiger partial charge in [0.15, 0.2) is 0 Å². The predicted molar refractivity (Wildman–Crippen MR) is 57.9 cm³/mol. The summed E-state index contributed by atoms with van der Waals surface area (Å²) in [4.78, 5) is 13.3. The molecule has 0 radical (unpaired) electrons. The Balaban J connectivity index is 2.23. The van der Waals surface area contributed by atoms with Crippen LogP contribution in [-0.2, 0) is 0 Å². The van der Waals surface area contributed by atoms with Gasteiger partial charge in [0.05, 0.1) is 11.7 Å². The summed E-state index contributed by atoms with van der Waals surface area (Å²) < 4.78 is 13.4. The molecule has 0 bridgehead atoms. The third kappa shape index (κ3) is 2.18. The fourth-order valence-electron chi connectivity index (χ4n) is 1.76. The molecule has 1 aliphatic rings. The smallest absolute Gasteiger partial charge is 0.256 e. The van der Waals surface area contributed by atoms with Crippen molar-refractivity contribution in [2.24, 2.45) is 0 Å². The van der Waals surface area contributed by atoms with Crippen molar-refractivity contribution in [3.63, 3.8) is 0 Å². The van der Waals surface area contributed by atoms with Gasteiger partial charge in [-0.05, 0) is 24.6 Å². The molecule has 3 nitrogen and oxygen atoms in total. The molecule has 0 saturated carbocycles. The van der Waals surface area contributed by atoms with Crippen LogP contribution in [0.5, 0.6) is 0 Å². The van der Waals surface area contributed by atoms with Gasteiger partial charge in [0.1, 0.15) is 5.82 Å². The molecule has 1 N–H and O–H groups in total. The van der Waals surface area contributed by atoms with Crippen molar-refractivity contribution in [1.29, 1.82) is 0 Å². The molecule has 5 heteroatoms. The van der Waals surface area contributed by atoms with E-state index in [-0.39, 0.29) is 12.1 Å². The van der Waals surface area contributed by atoms with E-state index in [0.29, 0.717) is 18.0 Å². The number of β-amino-alcohol motifs (C(OH)–C–C–N with tert-alkyl or cyclic N) is 1. The summed E-state index contributed by atoms with van der Waals surface area (Å²) in [6, 6.07) is 3.87. The molecule has 16 heavy (non-hydrogen) atoms. The summed E-state index contributed by atoms with van der Waals surface area (Å²) in [5.74, 6) is -1.01. The number of amides is 1. The maximum atomic E-state index is 13.4. The van der Waals surface area contributed by atoms with Gasteiger partial charge in [0, 0.05) is 18.1 Å². The van der Waals surface area contributed by atoms with Crippen LogP contribution in [0, 0.1) is 5.82 Å². The molecule has 1 aliphatic heterocycles. The van der Waals surface area contributed by atoms with Crippen LogP contribution >= 0.6 is 11.6 Å². The highest BCUT2D eigenvalue weighted by Gasteiger charge is 2.27. The highest BCUT2D eigenvalue weighted by molar-refractivity contribution is 6.31. The molecule has 1 heterocycles. The highest BCUT2D eigenvalue weighted by Crippen LogP contribution is 2.19. The number of hydrogen-bond acceptors (Lipinski definition) is 2. The monoisotopic (exact) mass is 243 g/mol. The minimum Gasteiger partial charge on any atom is -0.391 e. The summed E-state index contributed by atoms with van der Waals surface area (Å²) in [5, 5.41) is 9.63. The number of carbonyl (C=O) groups excluding carboxylic acids is 1. The van der Waals surface area contributed by atoms with Crippen LogP contribution in [0.4, 0.5) is 4.39 Å². The molecule has 1 amide bonds. The van der Waals surface area contributed by atoms with Gasteiger partial charge in [-0.25, -0.2) is 4.39 Å². The summed E-state index contributed by atoms with van der Waals surface area (Å²) in [6.45, 7) is 0.705. The topological polar surface area (TPSA) is 40.5 Å². The summed E-state index contributed by atoms with van der Waals surface area (Å²) in [6.07, 6.45) is 0.0275. The Bertz CT molecular complexity index is 424. The molecular formula is C11H11ClFNO2. The highest BCUT2D eigenvalue weighted by atomic mass is 35.5. The van der Waals surface area contributed by atoms with Crippen LogP contribution in [0.1, 0.15) is 16.8 Å². The molecule has 1 aromatic rings. The van der Waals surface area contributed by atoms with E-state index in [4.69, 9.17) is 11.6 Å². The van der Waals surface area contributed by atoms with E-state index in [1.165, 1.54) is 23.1 Å². The van der Waals surface area contributed by atoms with Crippen molar-refractivity contribution in [3.05, 3.63) is 34.6 Å². The second kappa shape index (κ2) is 4.39. The Morgan fingerprint density at radius 1 is 1.56 bits per heavy atom. The number of likely N-dealkylation sites (tertiary alicyclic amines) is 1. The van der Waals surface area contributed by atoms with E-state index in [9.17, 15) is 14.3 Å². The van der Waals surface area contributed by atoms with Gasteiger partial charge in [0.25, 0.3) is 5.91 Å². The standard InChI is InChI=1S/C11H11ClFNO2/c12-7-1-2-10(13)9(5-7)11(16)14-4-3-8(15)6-14/h1-2,5,8,15H,3-4,6H2/t8-/m0/s1. The van der Waals surface area contributed by atoms with Crippen molar-refractivity contribution in [2.45, 2.75) is 12.5 Å². The first-order valence-electron chi connectivity index (χ1n) is 5.00. The van der Waals surface area contributed by atoms with Crippen molar-refractivity contribution >= 4 is 17.5 Å². The van der Waals surface area contributed by atoms with E-state index < -0.39 is 17.8 Å². The van der Waals surface area contributed by atoms with Crippen molar-refractivity contribution < 1.29 is 14.3 Å². The normalized spacial score (nSPS) is 20.2. The molecule has 1 aromatic carbocycles. The zero-order valence-electron chi connectivity index (χ0n) is 8.49. The van der Waals surface area contributed by atoms with Gasteiger partial charge >= 0.3 is 0 Å². The molecule has 1 fully saturated rings. The Morgan fingerprint density at radius 3 is 2.94 bits per heavy atom. The lowest BCUT2D eigenvalue weighted by Crippen LogP contribution is -2.30. The number of hydrogen-bond donors (Lipinski definition) is 1. The zero-order valence-corrected chi connectivity index (χ0v) is 9.25. The van der Waals surface area contributed by atoms with Gasteiger partial charge in [-0.3, -0.25) is 4.79 Å². The quantitative estimate of drug-likeness (QED) is 0.815. The Hall–Kier alpha value is -1.13. The molecule has 0 aromatic heterocycles. The summed E-state index contributed by atoms with van der Waals surface area (Å²) in [7, 11) is 0. The van der Waals surface area contributed by atoms with Crippen molar-refractivity contribution in [1.82, 2.24) is 4.90 Å². The average Bonchev–Trinajstić information content (AvgIpc) is 2.67. The number of aliphatic hydroxyl groups is 1.